The zero-order chi connectivity index (χ0) is 34.2. The largest absolute Gasteiger partial charge is 0.147 e. The van der Waals surface area contributed by atoms with Gasteiger partial charge < -0.3 is 0 Å². The molecule has 258 valence electrons. The van der Waals surface area contributed by atoms with Gasteiger partial charge in [-0.2, -0.15) is 0 Å². The van der Waals surface area contributed by atoms with Crippen LogP contribution in [0.15, 0.2) is 188 Å². The summed E-state index contributed by atoms with van der Waals surface area (Å²) in [5, 5.41) is 5.22. The van der Waals surface area contributed by atoms with Gasteiger partial charge in [0.15, 0.2) is 0 Å². The van der Waals surface area contributed by atoms with Crippen LogP contribution in [0.3, 0.4) is 0 Å². The Labute approximate surface area is 326 Å². The smallest absolute Gasteiger partial charge is 0.147 e. The number of hydrogen-bond donors (Lipinski definition) is 0. The molecule has 2 aliphatic rings. The predicted molar refractivity (Wildman–Crippen MR) is 232 cm³/mol. The van der Waals surface area contributed by atoms with Crippen LogP contribution in [0.4, 0.5) is 0 Å². The van der Waals surface area contributed by atoms with E-state index in [2.05, 4.69) is 202 Å². The fourth-order valence-corrected chi connectivity index (χ4v) is 36.2. The second-order valence-electron chi connectivity index (χ2n) is 14.8. The molecule has 0 aromatic heterocycles. The van der Waals surface area contributed by atoms with E-state index in [1.165, 1.54) is 71.6 Å². The van der Waals surface area contributed by atoms with Gasteiger partial charge in [0, 0.05) is 0 Å². The quantitative estimate of drug-likeness (QED) is 0.120. The van der Waals surface area contributed by atoms with Crippen LogP contribution in [0.1, 0.15) is 36.4 Å². The van der Waals surface area contributed by atoms with E-state index >= 15 is 0 Å². The molecule has 0 bridgehead atoms. The van der Waals surface area contributed by atoms with E-state index < -0.39 is 17.4 Å². The molecule has 0 N–H and O–H groups in total. The molecular weight excluding hydrogens is 779 g/mol. The first kappa shape index (κ1) is 35.7. The topological polar surface area (TPSA) is 0 Å². The monoisotopic (exact) mass is 816 g/mol. The van der Waals surface area contributed by atoms with Gasteiger partial charge in [-0.25, -0.2) is 0 Å². The van der Waals surface area contributed by atoms with Crippen LogP contribution in [0.5, 0.6) is 0 Å². The first-order valence-electron chi connectivity index (χ1n) is 18.1. The molecule has 8 aromatic rings. The Kier molecular flexibility index (Phi) is 9.11. The molecule has 1 unspecified atom stereocenters. The summed E-state index contributed by atoms with van der Waals surface area (Å²) in [7, 11) is 0. The van der Waals surface area contributed by atoms with E-state index in [1.54, 1.807) is 6.54 Å². The summed E-state index contributed by atoms with van der Waals surface area (Å²) in [6.45, 7) is 4.82. The van der Waals surface area contributed by atoms with Crippen LogP contribution in [-0.4, -0.2) is 6.88 Å². The normalized spacial score (nSPS) is 14.8. The van der Waals surface area contributed by atoms with Crippen molar-refractivity contribution < 1.29 is 17.4 Å². The average Bonchev–Trinajstić information content (AvgIpc) is 3.74. The molecule has 4 heteroatoms. The minimum Gasteiger partial charge on any atom is -0.147 e. The number of benzene rings is 8. The molecule has 0 heterocycles. The molecule has 8 aromatic carbocycles. The Morgan fingerprint density at radius 1 is 0.434 bits per heavy atom. The van der Waals surface area contributed by atoms with Gasteiger partial charge in [-0.05, 0) is 0 Å². The van der Waals surface area contributed by atoms with Gasteiger partial charge in [0.05, 0.1) is 0 Å². The molecule has 0 nitrogen and oxygen atoms in total. The summed E-state index contributed by atoms with van der Waals surface area (Å²) >= 11 is -4.71. The Hall–Kier alpha value is -4.30. The number of halogens is 2. The summed E-state index contributed by atoms with van der Waals surface area (Å²) in [4.78, 5) is 0. The van der Waals surface area contributed by atoms with Crippen molar-refractivity contribution in [1.82, 2.24) is 0 Å². The van der Waals surface area contributed by atoms with E-state index in [0.29, 0.717) is 0 Å². The second-order valence-corrected chi connectivity index (χ2v) is 37.6. The molecule has 0 fully saturated rings. The Morgan fingerprint density at radius 2 is 0.906 bits per heavy atom. The van der Waals surface area contributed by atoms with Gasteiger partial charge in [-0.1, -0.05) is 0 Å². The van der Waals surface area contributed by atoms with Crippen molar-refractivity contribution in [3.63, 3.8) is 0 Å². The zero-order valence-electron chi connectivity index (χ0n) is 29.6. The summed E-state index contributed by atoms with van der Waals surface area (Å²) in [5.41, 5.74) is 12.7. The van der Waals surface area contributed by atoms with Crippen molar-refractivity contribution in [3.05, 3.63) is 210 Å². The molecule has 0 spiro atoms. The van der Waals surface area contributed by atoms with Gasteiger partial charge in [-0.15, -0.1) is 24.8 Å². The van der Waals surface area contributed by atoms with Crippen molar-refractivity contribution in [2.75, 3.05) is 0 Å². The third-order valence-corrected chi connectivity index (χ3v) is 40.0. The molecule has 0 amide bonds. The van der Waals surface area contributed by atoms with E-state index in [4.69, 9.17) is 0 Å². The number of fused-ring (bicyclic) bond motifs is 7. The van der Waals surface area contributed by atoms with Crippen LogP contribution >= 0.6 is 24.8 Å². The van der Waals surface area contributed by atoms with Gasteiger partial charge in [0.2, 0.25) is 0 Å². The van der Waals surface area contributed by atoms with Crippen molar-refractivity contribution >= 4 is 65.4 Å². The van der Waals surface area contributed by atoms with Crippen molar-refractivity contribution in [3.8, 4) is 22.3 Å². The standard InChI is InChI=1S/C24H17.C13H9.2C6H5.2ClH.H2Si.Zr/c1-16-13-14-17-8-6-12-22(24(16)17)23-15-18-7-2-3-9-19(18)20-10-4-5-11-21(20)23;1-3-7-12-10(5-1)9-11-6-2-4-8-13(11)12;2*1-2-4-6-5-3-1;;;;/h2-15H,1H3;1-9H;2*1-5H;2*1H;1H2;. The van der Waals surface area contributed by atoms with Crippen LogP contribution < -0.4 is 6.54 Å². The van der Waals surface area contributed by atoms with Crippen molar-refractivity contribution in [2.45, 2.75) is 14.2 Å². The summed E-state index contributed by atoms with van der Waals surface area (Å²) in [6.07, 6.45) is 2.71. The molecule has 0 saturated carbocycles. The van der Waals surface area contributed by atoms with Crippen molar-refractivity contribution in [2.24, 2.45) is 0 Å². The minimum atomic E-state index is -4.71. The maximum absolute atomic E-state index is 4.71. The van der Waals surface area contributed by atoms with Crippen LogP contribution in [-0.2, 0) is 17.4 Å². The molecule has 10 rings (SSSR count). The van der Waals surface area contributed by atoms with E-state index in [-0.39, 0.29) is 32.1 Å². The minimum absolute atomic E-state index is 0. The van der Waals surface area contributed by atoms with E-state index in [9.17, 15) is 0 Å². The summed E-state index contributed by atoms with van der Waals surface area (Å²) in [6, 6.07) is 69.5. The molecule has 53 heavy (non-hydrogen) atoms. The third-order valence-electron chi connectivity index (χ3n) is 12.4. The fourth-order valence-electron chi connectivity index (χ4n) is 10.3. The second kappa shape index (κ2) is 13.5. The number of hydrogen-bond acceptors (Lipinski definition) is 0. The maximum Gasteiger partial charge on any atom is -0.147 e. The van der Waals surface area contributed by atoms with Gasteiger partial charge in [0.1, 0.15) is 0 Å². The SMILES string of the molecule is CC1=C[CH]([Zr](=[SiH2])([c]2ccccc2)([c]2ccccc2)[CH]2c3ccccc3-c3ccccc32)c2cccc(-c3cc4ccccc4c4ccccc34)c21.Cl.Cl. The van der Waals surface area contributed by atoms with Crippen LogP contribution in [0.25, 0.3) is 49.4 Å². The molecule has 2 aliphatic carbocycles. The Balaban J connectivity index is 0.00000200. The molecule has 0 saturated heterocycles. The van der Waals surface area contributed by atoms with Gasteiger partial charge in [0.25, 0.3) is 0 Å². The number of allylic oxidation sites excluding steroid dienone is 2. The fraction of sp³-hybridized carbons (Fsp3) is 0.0612. The first-order valence-corrected chi connectivity index (χ1v) is 29.3. The molecule has 0 aliphatic heterocycles. The number of rotatable bonds is 5. The zero-order valence-corrected chi connectivity index (χ0v) is 35.1. The molecule has 1 atom stereocenters. The van der Waals surface area contributed by atoms with Gasteiger partial charge >= 0.3 is 305 Å². The first-order chi connectivity index (χ1) is 25.1. The van der Waals surface area contributed by atoms with Gasteiger partial charge in [-0.3, -0.25) is 0 Å². The maximum atomic E-state index is 2.71. The predicted octanol–water partition coefficient (Wildman–Crippen LogP) is 11.6. The summed E-state index contributed by atoms with van der Waals surface area (Å²) < 4.78 is 3.61. The summed E-state index contributed by atoms with van der Waals surface area (Å²) in [5.74, 6) is 0. The third kappa shape index (κ3) is 4.96. The van der Waals surface area contributed by atoms with E-state index in [1.807, 2.05) is 0 Å². The average molecular weight is 819 g/mol. The van der Waals surface area contributed by atoms with Crippen molar-refractivity contribution in [1.29, 1.82) is 0 Å². The Morgan fingerprint density at radius 3 is 1.53 bits per heavy atom. The van der Waals surface area contributed by atoms with Crippen LogP contribution in [0, 0.1) is 0 Å². The van der Waals surface area contributed by atoms with Crippen LogP contribution in [0.2, 0.25) is 0 Å². The molecule has 0 radical (unpaired) electrons. The van der Waals surface area contributed by atoms with E-state index in [0.717, 1.165) is 0 Å². The molecular formula is C49H40Cl2SiZr. The Bertz CT molecular complexity index is 2700.